The fourth-order valence-electron chi connectivity index (χ4n) is 4.21. The molecule has 3 rings (SSSR count). The Balaban J connectivity index is 1.69. The predicted molar refractivity (Wildman–Crippen MR) is 128 cm³/mol. The van der Waals surface area contributed by atoms with E-state index in [0.29, 0.717) is 24.7 Å². The van der Waals surface area contributed by atoms with Crippen LogP contribution >= 0.6 is 0 Å². The Kier molecular flexibility index (Phi) is 8.21. The van der Waals surface area contributed by atoms with Crippen molar-refractivity contribution in [2.45, 2.75) is 63.7 Å². The molecule has 32 heavy (non-hydrogen) atoms. The number of sulfonamides is 1. The van der Waals surface area contributed by atoms with Gasteiger partial charge < -0.3 is 0 Å². The lowest BCUT2D eigenvalue weighted by molar-refractivity contribution is 0.0954. The maximum Gasteiger partial charge on any atom is 0.271 e. The van der Waals surface area contributed by atoms with Crippen molar-refractivity contribution in [3.05, 3.63) is 65.2 Å². The Morgan fingerprint density at radius 2 is 1.66 bits per heavy atom. The lowest BCUT2D eigenvalue weighted by Gasteiger charge is -2.22. The summed E-state index contributed by atoms with van der Waals surface area (Å²) >= 11 is 0. The molecule has 0 aliphatic heterocycles. The Labute approximate surface area is 191 Å². The third-order valence-corrected chi connectivity index (χ3v) is 8.22. The summed E-state index contributed by atoms with van der Waals surface area (Å²) in [6.07, 6.45) is 6.45. The van der Waals surface area contributed by atoms with Gasteiger partial charge in [0.25, 0.3) is 5.91 Å². The molecular weight excluding hydrogens is 422 g/mol. The quantitative estimate of drug-likeness (QED) is 0.453. The van der Waals surface area contributed by atoms with Crippen LogP contribution in [0.3, 0.4) is 0 Å². The minimum absolute atomic E-state index is 0.104. The summed E-state index contributed by atoms with van der Waals surface area (Å²) in [5, 5.41) is 4.23. The monoisotopic (exact) mass is 455 g/mol. The van der Waals surface area contributed by atoms with Crippen LogP contribution in [-0.2, 0) is 10.0 Å². The fourth-order valence-corrected chi connectivity index (χ4v) is 5.71. The van der Waals surface area contributed by atoms with Crippen LogP contribution in [0.25, 0.3) is 0 Å². The van der Waals surface area contributed by atoms with Crippen LogP contribution in [-0.4, -0.2) is 37.4 Å². The van der Waals surface area contributed by atoms with Crippen molar-refractivity contribution in [2.75, 3.05) is 13.1 Å². The molecule has 1 saturated carbocycles. The maximum absolute atomic E-state index is 12.7. The van der Waals surface area contributed by atoms with Crippen molar-refractivity contribution in [3.63, 3.8) is 0 Å². The zero-order valence-corrected chi connectivity index (χ0v) is 20.0. The Hall–Kier alpha value is -2.51. The topological polar surface area (TPSA) is 78.8 Å². The van der Waals surface area contributed by atoms with Crippen molar-refractivity contribution in [2.24, 2.45) is 5.10 Å². The zero-order valence-electron chi connectivity index (χ0n) is 19.2. The highest BCUT2D eigenvalue weighted by Crippen LogP contribution is 2.32. The van der Waals surface area contributed by atoms with Crippen molar-refractivity contribution >= 4 is 21.6 Å². The third kappa shape index (κ3) is 5.64. The Morgan fingerprint density at radius 1 is 1.00 bits per heavy atom. The number of carbonyl (C=O) groups is 1. The van der Waals surface area contributed by atoms with Gasteiger partial charge in [0.1, 0.15) is 0 Å². The van der Waals surface area contributed by atoms with E-state index in [4.69, 9.17) is 0 Å². The molecule has 2 aromatic carbocycles. The number of rotatable bonds is 8. The first-order valence-corrected chi connectivity index (χ1v) is 12.9. The molecule has 1 aliphatic carbocycles. The van der Waals surface area contributed by atoms with Gasteiger partial charge in [-0.1, -0.05) is 63.4 Å². The lowest BCUT2D eigenvalue weighted by atomic mass is 9.84. The van der Waals surface area contributed by atoms with E-state index in [1.54, 1.807) is 26.0 Å². The van der Waals surface area contributed by atoms with Crippen LogP contribution in [0.5, 0.6) is 0 Å². The summed E-state index contributed by atoms with van der Waals surface area (Å²) in [5.74, 6) is 0.203. The van der Waals surface area contributed by atoms with E-state index in [0.717, 1.165) is 5.56 Å². The van der Waals surface area contributed by atoms with Gasteiger partial charge in [-0.3, -0.25) is 4.79 Å². The van der Waals surface area contributed by atoms with Gasteiger partial charge in [0.05, 0.1) is 10.6 Å². The van der Waals surface area contributed by atoms with E-state index < -0.39 is 15.9 Å². The molecule has 0 atom stereocenters. The second kappa shape index (κ2) is 10.9. The van der Waals surface area contributed by atoms with Gasteiger partial charge in [0.2, 0.25) is 10.0 Å². The Morgan fingerprint density at radius 3 is 2.28 bits per heavy atom. The third-order valence-electron chi connectivity index (χ3n) is 6.17. The first kappa shape index (κ1) is 24.1. The highest BCUT2D eigenvalue weighted by molar-refractivity contribution is 7.89. The number of nitrogens with zero attached hydrogens (tertiary/aromatic N) is 2. The van der Waals surface area contributed by atoms with E-state index in [9.17, 15) is 13.2 Å². The number of hydrazone groups is 1. The van der Waals surface area contributed by atoms with E-state index in [2.05, 4.69) is 22.7 Å². The van der Waals surface area contributed by atoms with Gasteiger partial charge >= 0.3 is 0 Å². The van der Waals surface area contributed by atoms with Crippen molar-refractivity contribution in [1.29, 1.82) is 0 Å². The number of carbonyl (C=O) groups excluding carboxylic acids is 1. The molecule has 7 heteroatoms. The molecule has 1 N–H and O–H groups in total. The summed E-state index contributed by atoms with van der Waals surface area (Å²) in [6.45, 7) is 6.17. The van der Waals surface area contributed by atoms with Crippen molar-refractivity contribution in [3.8, 4) is 0 Å². The van der Waals surface area contributed by atoms with Crippen LogP contribution < -0.4 is 5.43 Å². The number of hydrogen-bond donors (Lipinski definition) is 1. The number of nitrogens with one attached hydrogen (secondary N) is 1. The molecule has 1 aliphatic rings. The molecule has 0 saturated heterocycles. The summed E-state index contributed by atoms with van der Waals surface area (Å²) in [4.78, 5) is 12.7. The van der Waals surface area contributed by atoms with Crippen LogP contribution in [0.15, 0.2) is 58.5 Å². The van der Waals surface area contributed by atoms with E-state index in [-0.39, 0.29) is 10.5 Å². The lowest BCUT2D eigenvalue weighted by Crippen LogP contribution is -2.30. The first-order valence-electron chi connectivity index (χ1n) is 11.4. The largest absolute Gasteiger partial charge is 0.271 e. The van der Waals surface area contributed by atoms with E-state index >= 15 is 0 Å². The minimum Gasteiger partial charge on any atom is -0.267 e. The fraction of sp³-hybridized carbons (Fsp3) is 0.440. The molecule has 1 fully saturated rings. The molecule has 0 aromatic heterocycles. The van der Waals surface area contributed by atoms with Crippen LogP contribution in [0.4, 0.5) is 0 Å². The molecule has 6 nitrogen and oxygen atoms in total. The van der Waals surface area contributed by atoms with Gasteiger partial charge in [-0.2, -0.15) is 9.41 Å². The predicted octanol–water partition coefficient (Wildman–Crippen LogP) is 4.92. The highest BCUT2D eigenvalue weighted by atomic mass is 32.2. The number of amides is 1. The summed E-state index contributed by atoms with van der Waals surface area (Å²) in [5.41, 5.74) is 5.82. The average molecular weight is 456 g/mol. The molecule has 0 heterocycles. The second-order valence-corrected chi connectivity index (χ2v) is 10.2. The second-order valence-electron chi connectivity index (χ2n) is 8.21. The average Bonchev–Trinajstić information content (AvgIpc) is 2.83. The van der Waals surface area contributed by atoms with Gasteiger partial charge in [-0.15, -0.1) is 0 Å². The standard InChI is InChI=1S/C25H33N3O3S/c1-4-28(5-2)32(30,31)24-13-9-12-23(18-24)25(29)27-26-19(3)20-14-16-22(17-15-20)21-10-7-6-8-11-21/h9,12-18,21H,4-8,10-11H2,1-3H3,(H,27,29)/b26-19+. The van der Waals surface area contributed by atoms with Crippen LogP contribution in [0, 0.1) is 0 Å². The molecule has 0 spiro atoms. The molecule has 172 valence electrons. The van der Waals surface area contributed by atoms with Crippen molar-refractivity contribution < 1.29 is 13.2 Å². The van der Waals surface area contributed by atoms with Crippen LogP contribution in [0.1, 0.15) is 80.3 Å². The van der Waals surface area contributed by atoms with Gasteiger partial charge in [-0.05, 0) is 55.0 Å². The summed E-state index contributed by atoms with van der Waals surface area (Å²) in [7, 11) is -3.63. The molecule has 0 unspecified atom stereocenters. The molecule has 0 bridgehead atoms. The summed E-state index contributed by atoms with van der Waals surface area (Å²) < 4.78 is 26.8. The maximum atomic E-state index is 12.7. The van der Waals surface area contributed by atoms with Gasteiger partial charge in [0.15, 0.2) is 0 Å². The van der Waals surface area contributed by atoms with Gasteiger partial charge in [-0.25, -0.2) is 13.8 Å². The van der Waals surface area contributed by atoms with E-state index in [1.807, 2.05) is 19.1 Å². The SMILES string of the molecule is CCN(CC)S(=O)(=O)c1cccc(C(=O)N/N=C(\C)c2ccc(C3CCCCC3)cc2)c1. The van der Waals surface area contributed by atoms with Crippen LogP contribution in [0.2, 0.25) is 0 Å². The van der Waals surface area contributed by atoms with E-state index in [1.165, 1.54) is 54.1 Å². The molecule has 1 amide bonds. The normalized spacial score (nSPS) is 15.7. The Bertz CT molecular complexity index is 1050. The smallest absolute Gasteiger partial charge is 0.267 e. The first-order chi connectivity index (χ1) is 15.4. The molecule has 0 radical (unpaired) electrons. The molecule has 2 aromatic rings. The molecular formula is C25H33N3O3S. The number of benzene rings is 2. The van der Waals surface area contributed by atoms with Crippen molar-refractivity contribution in [1.82, 2.24) is 9.73 Å². The zero-order chi connectivity index (χ0) is 23.1. The van der Waals surface area contributed by atoms with Gasteiger partial charge in [0, 0.05) is 18.7 Å². The summed E-state index contributed by atoms with van der Waals surface area (Å²) in [6, 6.07) is 14.5. The highest BCUT2D eigenvalue weighted by Gasteiger charge is 2.22. The number of hydrogen-bond acceptors (Lipinski definition) is 4. The minimum atomic E-state index is -3.63.